The van der Waals surface area contributed by atoms with Gasteiger partial charge in [0.25, 0.3) is 0 Å². The van der Waals surface area contributed by atoms with Crippen molar-refractivity contribution in [1.29, 1.82) is 0 Å². The lowest BCUT2D eigenvalue weighted by Crippen LogP contribution is -2.26. The molecule has 1 aliphatic rings. The topological polar surface area (TPSA) is 26.3 Å². The van der Waals surface area contributed by atoms with Crippen molar-refractivity contribution in [2.45, 2.75) is 59.0 Å². The molecule has 0 heterocycles. The zero-order valence-electron chi connectivity index (χ0n) is 9.58. The molecular formula is C12H22O2. The van der Waals surface area contributed by atoms with Crippen molar-refractivity contribution >= 4 is 5.97 Å². The van der Waals surface area contributed by atoms with E-state index in [0.717, 1.165) is 19.3 Å². The molecule has 0 aromatic heterocycles. The quantitative estimate of drug-likeness (QED) is 0.649. The van der Waals surface area contributed by atoms with Crippen LogP contribution in [0, 0.1) is 11.8 Å². The minimum Gasteiger partial charge on any atom is -0.462 e. The third-order valence-corrected chi connectivity index (χ3v) is 3.10. The Morgan fingerprint density at radius 2 is 1.93 bits per heavy atom. The van der Waals surface area contributed by atoms with E-state index in [0.29, 0.717) is 5.92 Å². The first-order valence-electron chi connectivity index (χ1n) is 5.85. The van der Waals surface area contributed by atoms with E-state index in [1.165, 1.54) is 12.8 Å². The highest BCUT2D eigenvalue weighted by Crippen LogP contribution is 2.27. The molecule has 1 aliphatic carbocycles. The molecule has 0 aromatic carbocycles. The fraction of sp³-hybridized carbons (Fsp3) is 0.917. The number of carbonyl (C=O) groups is 1. The van der Waals surface area contributed by atoms with E-state index in [1.807, 2.05) is 0 Å². The smallest absolute Gasteiger partial charge is 0.309 e. The van der Waals surface area contributed by atoms with Crippen molar-refractivity contribution in [2.75, 3.05) is 0 Å². The third-order valence-electron chi connectivity index (χ3n) is 3.10. The summed E-state index contributed by atoms with van der Waals surface area (Å²) in [6.07, 6.45) is 5.50. The zero-order valence-corrected chi connectivity index (χ0v) is 9.58. The third kappa shape index (κ3) is 3.00. The van der Waals surface area contributed by atoms with E-state index in [1.54, 1.807) is 0 Å². The van der Waals surface area contributed by atoms with Crippen LogP contribution in [0.5, 0.6) is 0 Å². The Morgan fingerprint density at radius 1 is 1.36 bits per heavy atom. The average Bonchev–Trinajstić information content (AvgIpc) is 2.65. The van der Waals surface area contributed by atoms with Crippen LogP contribution in [-0.2, 0) is 9.53 Å². The Kier molecular flexibility index (Phi) is 4.43. The second kappa shape index (κ2) is 5.38. The van der Waals surface area contributed by atoms with Crippen molar-refractivity contribution in [2.24, 2.45) is 11.8 Å². The maximum atomic E-state index is 11.7. The normalized spacial score (nSPS) is 20.0. The minimum atomic E-state index is 0.0445. The van der Waals surface area contributed by atoms with Gasteiger partial charge in [-0.25, -0.2) is 0 Å². The van der Waals surface area contributed by atoms with Gasteiger partial charge < -0.3 is 4.74 Å². The first kappa shape index (κ1) is 11.5. The standard InChI is InChI=1S/C12H22O2/c1-4-11(9(2)3)14-12(13)10-7-5-6-8-10/h9-11H,4-8H2,1-3H3/t11-/m0/s1. The predicted molar refractivity (Wildman–Crippen MR) is 57.0 cm³/mol. The second-order valence-corrected chi connectivity index (χ2v) is 4.61. The van der Waals surface area contributed by atoms with Gasteiger partial charge in [0.2, 0.25) is 0 Å². The van der Waals surface area contributed by atoms with Gasteiger partial charge in [-0.3, -0.25) is 4.79 Å². The van der Waals surface area contributed by atoms with Gasteiger partial charge in [0, 0.05) is 0 Å². The van der Waals surface area contributed by atoms with E-state index >= 15 is 0 Å². The Balaban J connectivity index is 2.37. The summed E-state index contributed by atoms with van der Waals surface area (Å²) < 4.78 is 5.51. The molecule has 0 radical (unpaired) electrons. The van der Waals surface area contributed by atoms with E-state index in [2.05, 4.69) is 20.8 Å². The van der Waals surface area contributed by atoms with Crippen LogP contribution in [0.25, 0.3) is 0 Å². The van der Waals surface area contributed by atoms with E-state index in [9.17, 15) is 4.79 Å². The molecule has 0 unspecified atom stereocenters. The molecule has 1 fully saturated rings. The summed E-state index contributed by atoms with van der Waals surface area (Å²) in [6.45, 7) is 6.29. The molecule has 1 saturated carbocycles. The number of hydrogen-bond donors (Lipinski definition) is 0. The molecule has 0 bridgehead atoms. The predicted octanol–water partition coefficient (Wildman–Crippen LogP) is 3.15. The summed E-state index contributed by atoms with van der Waals surface area (Å²) in [6, 6.07) is 0. The Labute approximate surface area is 87.0 Å². The molecule has 0 saturated heterocycles. The monoisotopic (exact) mass is 198 g/mol. The highest BCUT2D eigenvalue weighted by molar-refractivity contribution is 5.72. The number of esters is 1. The lowest BCUT2D eigenvalue weighted by Gasteiger charge is -2.21. The van der Waals surface area contributed by atoms with Crippen molar-refractivity contribution in [1.82, 2.24) is 0 Å². The summed E-state index contributed by atoms with van der Waals surface area (Å²) >= 11 is 0. The molecule has 1 rings (SSSR count). The molecule has 0 aliphatic heterocycles. The highest BCUT2D eigenvalue weighted by Gasteiger charge is 2.26. The minimum absolute atomic E-state index is 0.0445. The molecule has 2 heteroatoms. The maximum absolute atomic E-state index is 11.7. The molecule has 0 spiro atoms. The van der Waals surface area contributed by atoms with Gasteiger partial charge >= 0.3 is 5.97 Å². The molecule has 0 N–H and O–H groups in total. The summed E-state index contributed by atoms with van der Waals surface area (Å²) in [4.78, 5) is 11.7. The average molecular weight is 198 g/mol. The fourth-order valence-electron chi connectivity index (χ4n) is 2.10. The van der Waals surface area contributed by atoms with E-state index in [4.69, 9.17) is 4.74 Å². The van der Waals surface area contributed by atoms with Crippen LogP contribution in [-0.4, -0.2) is 12.1 Å². The van der Waals surface area contributed by atoms with Crippen molar-refractivity contribution in [3.8, 4) is 0 Å². The van der Waals surface area contributed by atoms with E-state index < -0.39 is 0 Å². The van der Waals surface area contributed by atoms with Gasteiger partial charge in [-0.2, -0.15) is 0 Å². The molecule has 0 amide bonds. The molecule has 2 nitrogen and oxygen atoms in total. The Morgan fingerprint density at radius 3 is 2.36 bits per heavy atom. The van der Waals surface area contributed by atoms with Gasteiger partial charge in [-0.05, 0) is 25.2 Å². The van der Waals surface area contributed by atoms with Crippen LogP contribution in [0.3, 0.4) is 0 Å². The zero-order chi connectivity index (χ0) is 10.6. The van der Waals surface area contributed by atoms with E-state index in [-0.39, 0.29) is 18.0 Å². The number of carbonyl (C=O) groups excluding carboxylic acids is 1. The highest BCUT2D eigenvalue weighted by atomic mass is 16.5. The summed E-state index contributed by atoms with van der Waals surface area (Å²) in [7, 11) is 0. The van der Waals surface area contributed by atoms with Crippen LogP contribution in [0.2, 0.25) is 0 Å². The lowest BCUT2D eigenvalue weighted by molar-refractivity contribution is -0.156. The van der Waals surface area contributed by atoms with Gasteiger partial charge in [0.15, 0.2) is 0 Å². The van der Waals surface area contributed by atoms with Crippen molar-refractivity contribution in [3.63, 3.8) is 0 Å². The van der Waals surface area contributed by atoms with Crippen LogP contribution >= 0.6 is 0 Å². The first-order chi connectivity index (χ1) is 6.65. The molecule has 14 heavy (non-hydrogen) atoms. The van der Waals surface area contributed by atoms with Gasteiger partial charge in [0.1, 0.15) is 6.10 Å². The Bertz CT molecular complexity index is 181. The summed E-state index contributed by atoms with van der Waals surface area (Å²) in [5.41, 5.74) is 0. The van der Waals surface area contributed by atoms with Gasteiger partial charge in [-0.15, -0.1) is 0 Å². The molecule has 82 valence electrons. The van der Waals surface area contributed by atoms with Crippen molar-refractivity contribution < 1.29 is 9.53 Å². The van der Waals surface area contributed by atoms with Gasteiger partial charge in [-0.1, -0.05) is 33.6 Å². The Hall–Kier alpha value is -0.530. The SMILES string of the molecule is CC[C@H](OC(=O)C1CCCC1)C(C)C. The molecule has 0 aromatic rings. The lowest BCUT2D eigenvalue weighted by atomic mass is 10.0. The van der Waals surface area contributed by atoms with Crippen LogP contribution in [0.1, 0.15) is 52.9 Å². The summed E-state index contributed by atoms with van der Waals surface area (Å²) in [5.74, 6) is 0.677. The second-order valence-electron chi connectivity index (χ2n) is 4.61. The fourth-order valence-corrected chi connectivity index (χ4v) is 2.10. The largest absolute Gasteiger partial charge is 0.462 e. The van der Waals surface area contributed by atoms with Crippen LogP contribution in [0.15, 0.2) is 0 Å². The number of ether oxygens (including phenoxy) is 1. The number of hydrogen-bond acceptors (Lipinski definition) is 2. The van der Waals surface area contributed by atoms with Crippen LogP contribution in [0.4, 0.5) is 0 Å². The summed E-state index contributed by atoms with van der Waals surface area (Å²) in [5, 5.41) is 0. The molecular weight excluding hydrogens is 176 g/mol. The van der Waals surface area contributed by atoms with Crippen molar-refractivity contribution in [3.05, 3.63) is 0 Å². The van der Waals surface area contributed by atoms with Crippen LogP contribution < -0.4 is 0 Å². The first-order valence-corrected chi connectivity index (χ1v) is 5.85. The number of rotatable bonds is 4. The maximum Gasteiger partial charge on any atom is 0.309 e. The molecule has 1 atom stereocenters. The van der Waals surface area contributed by atoms with Gasteiger partial charge in [0.05, 0.1) is 5.92 Å².